The Morgan fingerprint density at radius 2 is 2.17 bits per heavy atom. The summed E-state index contributed by atoms with van der Waals surface area (Å²) in [5.74, 6) is 0.876. The number of aryl methyl sites for hydroxylation is 1. The monoisotopic (exact) mass is 250 g/mol. The van der Waals surface area contributed by atoms with Crippen molar-refractivity contribution in [2.45, 2.75) is 40.2 Å². The maximum atomic E-state index is 8.85. The Hall–Kier alpha value is -1.78. The van der Waals surface area contributed by atoms with Gasteiger partial charge in [0.25, 0.3) is 0 Å². The van der Waals surface area contributed by atoms with Crippen LogP contribution < -0.4 is 10.6 Å². The van der Waals surface area contributed by atoms with Crippen molar-refractivity contribution in [1.82, 2.24) is 4.98 Å². The molecule has 0 aliphatic heterocycles. The smallest absolute Gasteiger partial charge is 0.173 e. The third-order valence-corrected chi connectivity index (χ3v) is 3.13. The highest BCUT2D eigenvalue weighted by Gasteiger charge is 2.18. The number of aromatic nitrogens is 1. The van der Waals surface area contributed by atoms with Gasteiger partial charge >= 0.3 is 0 Å². The van der Waals surface area contributed by atoms with Crippen LogP contribution in [-0.4, -0.2) is 28.6 Å². The van der Waals surface area contributed by atoms with E-state index in [4.69, 9.17) is 10.9 Å². The number of anilines is 1. The molecule has 100 valence electrons. The van der Waals surface area contributed by atoms with Gasteiger partial charge in [-0.05, 0) is 39.3 Å². The molecule has 1 heterocycles. The molecule has 1 aromatic rings. The van der Waals surface area contributed by atoms with E-state index in [-0.39, 0.29) is 5.84 Å². The van der Waals surface area contributed by atoms with E-state index in [1.165, 1.54) is 0 Å². The highest BCUT2D eigenvalue weighted by Crippen LogP contribution is 2.21. The van der Waals surface area contributed by atoms with Gasteiger partial charge in [0.1, 0.15) is 5.82 Å². The molecule has 5 nitrogen and oxygen atoms in total. The summed E-state index contributed by atoms with van der Waals surface area (Å²) < 4.78 is 0. The van der Waals surface area contributed by atoms with Gasteiger partial charge < -0.3 is 15.8 Å². The van der Waals surface area contributed by atoms with Crippen LogP contribution in [0.15, 0.2) is 17.3 Å². The fraction of sp³-hybridized carbons (Fsp3) is 0.538. The van der Waals surface area contributed by atoms with Crippen molar-refractivity contribution < 1.29 is 5.21 Å². The summed E-state index contributed by atoms with van der Waals surface area (Å²) in [7, 11) is 0. The zero-order chi connectivity index (χ0) is 13.7. The lowest BCUT2D eigenvalue weighted by Gasteiger charge is -2.30. The van der Waals surface area contributed by atoms with Gasteiger partial charge in [-0.25, -0.2) is 4.98 Å². The molecule has 1 aromatic heterocycles. The first kappa shape index (κ1) is 14.3. The minimum absolute atomic E-state index is 0.0965. The Morgan fingerprint density at radius 3 is 2.67 bits per heavy atom. The summed E-state index contributed by atoms with van der Waals surface area (Å²) >= 11 is 0. The molecule has 1 rings (SSSR count). The molecule has 0 aromatic carbocycles. The number of hydrogen-bond acceptors (Lipinski definition) is 4. The number of pyridine rings is 1. The van der Waals surface area contributed by atoms with Crippen LogP contribution in [0.3, 0.4) is 0 Å². The fourth-order valence-corrected chi connectivity index (χ4v) is 1.91. The quantitative estimate of drug-likeness (QED) is 0.363. The van der Waals surface area contributed by atoms with Crippen LogP contribution in [0.4, 0.5) is 5.82 Å². The Morgan fingerprint density at radius 1 is 1.50 bits per heavy atom. The van der Waals surface area contributed by atoms with Crippen LogP contribution in [0.5, 0.6) is 0 Å². The average molecular weight is 250 g/mol. The predicted octanol–water partition coefficient (Wildman–Crippen LogP) is 2.11. The van der Waals surface area contributed by atoms with Crippen molar-refractivity contribution in [2.24, 2.45) is 10.9 Å². The largest absolute Gasteiger partial charge is 0.409 e. The average Bonchev–Trinajstić information content (AvgIpc) is 2.38. The highest BCUT2D eigenvalue weighted by molar-refractivity contribution is 6.01. The molecule has 0 amide bonds. The van der Waals surface area contributed by atoms with Crippen molar-refractivity contribution in [1.29, 1.82) is 0 Å². The molecule has 0 spiro atoms. The topological polar surface area (TPSA) is 74.7 Å². The van der Waals surface area contributed by atoms with Crippen LogP contribution in [-0.2, 0) is 0 Å². The molecule has 0 aliphatic rings. The summed E-state index contributed by atoms with van der Waals surface area (Å²) in [5.41, 5.74) is 7.30. The molecule has 1 unspecified atom stereocenters. The van der Waals surface area contributed by atoms with Gasteiger partial charge in [0.05, 0.1) is 5.56 Å². The van der Waals surface area contributed by atoms with E-state index in [1.54, 1.807) is 0 Å². The molecule has 5 heteroatoms. The van der Waals surface area contributed by atoms with Gasteiger partial charge in [-0.3, -0.25) is 0 Å². The Labute approximate surface area is 108 Å². The highest BCUT2D eigenvalue weighted by atomic mass is 16.4. The maximum Gasteiger partial charge on any atom is 0.173 e. The van der Waals surface area contributed by atoms with E-state index in [1.807, 2.05) is 19.1 Å². The maximum absolute atomic E-state index is 8.85. The molecule has 0 fully saturated rings. The molecule has 0 radical (unpaired) electrons. The third kappa shape index (κ3) is 2.91. The number of rotatable bonds is 5. The van der Waals surface area contributed by atoms with Gasteiger partial charge in [0.2, 0.25) is 0 Å². The van der Waals surface area contributed by atoms with Crippen LogP contribution >= 0.6 is 0 Å². The Balaban J connectivity index is 3.31. The van der Waals surface area contributed by atoms with Crippen molar-refractivity contribution >= 4 is 11.7 Å². The van der Waals surface area contributed by atoms with Crippen molar-refractivity contribution in [3.05, 3.63) is 23.4 Å². The van der Waals surface area contributed by atoms with Gasteiger partial charge in [0, 0.05) is 18.3 Å². The van der Waals surface area contributed by atoms with E-state index < -0.39 is 0 Å². The standard InChI is InChI=1S/C13H22N4O/c1-5-10(4)17(6-2)13-11(12(14)16-18)8-7-9(3)15-13/h7-8,10,18H,5-6H2,1-4H3,(H2,14,16). The molecule has 0 aliphatic carbocycles. The molecule has 0 saturated carbocycles. The van der Waals surface area contributed by atoms with Crippen molar-refractivity contribution in [2.75, 3.05) is 11.4 Å². The summed E-state index contributed by atoms with van der Waals surface area (Å²) in [6, 6.07) is 4.06. The minimum Gasteiger partial charge on any atom is -0.409 e. The lowest BCUT2D eigenvalue weighted by atomic mass is 10.1. The number of amidine groups is 1. The normalized spacial score (nSPS) is 13.4. The predicted molar refractivity (Wildman–Crippen MR) is 74.3 cm³/mol. The second-order valence-electron chi connectivity index (χ2n) is 4.35. The minimum atomic E-state index is 0.0965. The van der Waals surface area contributed by atoms with Gasteiger partial charge in [-0.2, -0.15) is 0 Å². The number of oxime groups is 1. The van der Waals surface area contributed by atoms with Crippen molar-refractivity contribution in [3.8, 4) is 0 Å². The van der Waals surface area contributed by atoms with E-state index in [2.05, 4.69) is 35.8 Å². The molecular weight excluding hydrogens is 228 g/mol. The van der Waals surface area contributed by atoms with Crippen LogP contribution in [0.25, 0.3) is 0 Å². The second-order valence-corrected chi connectivity index (χ2v) is 4.35. The number of nitrogens with zero attached hydrogens (tertiary/aromatic N) is 3. The van der Waals surface area contributed by atoms with Crippen LogP contribution in [0.1, 0.15) is 38.4 Å². The Kier molecular flexibility index (Phi) is 4.95. The number of hydrogen-bond donors (Lipinski definition) is 2. The summed E-state index contributed by atoms with van der Waals surface area (Å²) in [4.78, 5) is 6.70. The molecule has 18 heavy (non-hydrogen) atoms. The number of nitrogens with two attached hydrogens (primary N) is 1. The van der Waals surface area contributed by atoms with E-state index in [0.29, 0.717) is 11.6 Å². The zero-order valence-electron chi connectivity index (χ0n) is 11.5. The third-order valence-electron chi connectivity index (χ3n) is 3.13. The van der Waals surface area contributed by atoms with E-state index in [0.717, 1.165) is 24.5 Å². The summed E-state index contributed by atoms with van der Waals surface area (Å²) in [6.07, 6.45) is 1.01. The van der Waals surface area contributed by atoms with Crippen LogP contribution in [0.2, 0.25) is 0 Å². The first-order valence-corrected chi connectivity index (χ1v) is 6.27. The first-order chi connectivity index (χ1) is 8.54. The summed E-state index contributed by atoms with van der Waals surface area (Å²) in [5, 5.41) is 11.9. The Bertz CT molecular complexity index is 431. The molecule has 1 atom stereocenters. The second kappa shape index (κ2) is 6.23. The molecule has 0 saturated heterocycles. The van der Waals surface area contributed by atoms with E-state index >= 15 is 0 Å². The van der Waals surface area contributed by atoms with E-state index in [9.17, 15) is 0 Å². The van der Waals surface area contributed by atoms with Crippen LogP contribution in [0, 0.1) is 6.92 Å². The zero-order valence-corrected chi connectivity index (χ0v) is 11.5. The van der Waals surface area contributed by atoms with Crippen molar-refractivity contribution in [3.63, 3.8) is 0 Å². The fourth-order valence-electron chi connectivity index (χ4n) is 1.91. The molecule has 0 bridgehead atoms. The van der Waals surface area contributed by atoms with Gasteiger partial charge in [-0.1, -0.05) is 12.1 Å². The van der Waals surface area contributed by atoms with Gasteiger partial charge in [0.15, 0.2) is 5.84 Å². The van der Waals surface area contributed by atoms with Gasteiger partial charge in [-0.15, -0.1) is 0 Å². The first-order valence-electron chi connectivity index (χ1n) is 6.27. The SMILES string of the molecule is CCC(C)N(CC)c1nc(C)ccc1C(N)=NO. The summed E-state index contributed by atoms with van der Waals surface area (Å²) in [6.45, 7) is 9.11. The molecule has 3 N–H and O–H groups in total. The molecular formula is C13H22N4O. The lowest BCUT2D eigenvalue weighted by molar-refractivity contribution is 0.318. The lowest BCUT2D eigenvalue weighted by Crippen LogP contribution is -2.35.